The zero-order chi connectivity index (χ0) is 20.3. The summed E-state index contributed by atoms with van der Waals surface area (Å²) in [6.07, 6.45) is 1.08. The van der Waals surface area contributed by atoms with Crippen LogP contribution in [0.25, 0.3) is 10.2 Å². The van der Waals surface area contributed by atoms with E-state index in [2.05, 4.69) is 4.99 Å². The lowest BCUT2D eigenvalue weighted by Gasteiger charge is -2.05. The maximum absolute atomic E-state index is 12.6. The van der Waals surface area contributed by atoms with E-state index >= 15 is 0 Å². The van der Waals surface area contributed by atoms with Crippen LogP contribution < -0.4 is 4.80 Å². The van der Waals surface area contributed by atoms with Crippen LogP contribution in [-0.4, -0.2) is 37.7 Å². The van der Waals surface area contributed by atoms with Crippen molar-refractivity contribution in [3.8, 4) is 0 Å². The SMILES string of the molecule is CCOC(=O)Cn1c(=NC(=O)c2cccc(S(C)(=O)=O)c2)sc2ccccc21. The van der Waals surface area contributed by atoms with Crippen LogP contribution in [0.15, 0.2) is 58.4 Å². The third-order valence-electron chi connectivity index (χ3n) is 3.89. The number of hydrogen-bond acceptors (Lipinski definition) is 6. The molecule has 0 N–H and O–H groups in total. The summed E-state index contributed by atoms with van der Waals surface area (Å²) in [4.78, 5) is 29.2. The second kappa shape index (κ2) is 8.07. The maximum Gasteiger partial charge on any atom is 0.326 e. The lowest BCUT2D eigenvalue weighted by atomic mass is 10.2. The van der Waals surface area contributed by atoms with Crippen LogP contribution in [0, 0.1) is 0 Å². The monoisotopic (exact) mass is 418 g/mol. The molecule has 0 saturated heterocycles. The number of rotatable bonds is 5. The number of ether oxygens (including phenoxy) is 1. The molecule has 1 heterocycles. The minimum absolute atomic E-state index is 0.0456. The molecule has 0 radical (unpaired) electrons. The van der Waals surface area contributed by atoms with Gasteiger partial charge in [0.2, 0.25) is 0 Å². The van der Waals surface area contributed by atoms with E-state index in [1.807, 2.05) is 24.3 Å². The van der Waals surface area contributed by atoms with Crippen LogP contribution in [0.5, 0.6) is 0 Å². The first-order chi connectivity index (χ1) is 13.3. The molecule has 0 atom stereocenters. The number of esters is 1. The predicted octanol–water partition coefficient (Wildman–Crippen LogP) is 2.41. The Morgan fingerprint density at radius 1 is 1.14 bits per heavy atom. The van der Waals surface area contributed by atoms with E-state index < -0.39 is 21.7 Å². The van der Waals surface area contributed by atoms with E-state index in [0.717, 1.165) is 16.5 Å². The Balaban J connectivity index is 2.08. The molecule has 0 aliphatic rings. The molecule has 0 unspecified atom stereocenters. The Morgan fingerprint density at radius 3 is 2.61 bits per heavy atom. The zero-order valence-electron chi connectivity index (χ0n) is 15.3. The normalized spacial score (nSPS) is 12.3. The molecular weight excluding hydrogens is 400 g/mol. The first kappa shape index (κ1) is 20.0. The minimum Gasteiger partial charge on any atom is -0.465 e. The van der Waals surface area contributed by atoms with E-state index in [0.29, 0.717) is 4.80 Å². The number of fused-ring (bicyclic) bond motifs is 1. The first-order valence-corrected chi connectivity index (χ1v) is 11.1. The summed E-state index contributed by atoms with van der Waals surface area (Å²) < 4.78 is 30.9. The van der Waals surface area contributed by atoms with Crippen molar-refractivity contribution >= 4 is 43.3 Å². The van der Waals surface area contributed by atoms with Crippen LogP contribution in [0.4, 0.5) is 0 Å². The number of nitrogens with zero attached hydrogens (tertiary/aromatic N) is 2. The number of carbonyl (C=O) groups is 2. The van der Waals surface area contributed by atoms with E-state index in [9.17, 15) is 18.0 Å². The average Bonchev–Trinajstić information content (AvgIpc) is 2.98. The third kappa shape index (κ3) is 4.37. The summed E-state index contributed by atoms with van der Waals surface area (Å²) in [5, 5.41) is 0. The van der Waals surface area contributed by atoms with Crippen molar-refractivity contribution in [2.24, 2.45) is 4.99 Å². The Kier molecular flexibility index (Phi) is 5.76. The van der Waals surface area contributed by atoms with Crippen molar-refractivity contribution in [1.29, 1.82) is 0 Å². The summed E-state index contributed by atoms with van der Waals surface area (Å²) in [7, 11) is -3.44. The van der Waals surface area contributed by atoms with Crippen LogP contribution in [0.1, 0.15) is 17.3 Å². The highest BCUT2D eigenvalue weighted by molar-refractivity contribution is 7.90. The van der Waals surface area contributed by atoms with Crippen molar-refractivity contribution in [3.63, 3.8) is 0 Å². The molecule has 0 aliphatic carbocycles. The highest BCUT2D eigenvalue weighted by Crippen LogP contribution is 2.17. The molecule has 9 heteroatoms. The summed E-state index contributed by atoms with van der Waals surface area (Å²) >= 11 is 1.27. The predicted molar refractivity (Wildman–Crippen MR) is 106 cm³/mol. The van der Waals surface area contributed by atoms with Crippen molar-refractivity contribution < 1.29 is 22.7 Å². The molecule has 3 rings (SSSR count). The van der Waals surface area contributed by atoms with Gasteiger partial charge in [-0.25, -0.2) is 8.42 Å². The molecule has 0 aliphatic heterocycles. The van der Waals surface area contributed by atoms with E-state index in [-0.39, 0.29) is 23.6 Å². The fourth-order valence-electron chi connectivity index (χ4n) is 2.61. The Hall–Kier alpha value is -2.78. The Labute approximate surface area is 165 Å². The lowest BCUT2D eigenvalue weighted by Crippen LogP contribution is -2.23. The van der Waals surface area contributed by atoms with Gasteiger partial charge in [0.15, 0.2) is 14.6 Å². The van der Waals surface area contributed by atoms with Crippen LogP contribution >= 0.6 is 11.3 Å². The number of aromatic nitrogens is 1. The standard InChI is InChI=1S/C19H18N2O5S2/c1-3-26-17(22)12-21-15-9-4-5-10-16(15)27-19(21)20-18(23)13-7-6-8-14(11-13)28(2,24)25/h4-11H,3,12H2,1-2H3. The van der Waals surface area contributed by atoms with Crippen molar-refractivity contribution in [2.75, 3.05) is 12.9 Å². The number of carbonyl (C=O) groups excluding carboxylic acids is 2. The quantitative estimate of drug-likeness (QED) is 0.593. The van der Waals surface area contributed by atoms with E-state index in [4.69, 9.17) is 4.74 Å². The zero-order valence-corrected chi connectivity index (χ0v) is 16.9. The molecule has 1 amide bonds. The molecule has 7 nitrogen and oxygen atoms in total. The van der Waals surface area contributed by atoms with Gasteiger partial charge in [0.25, 0.3) is 5.91 Å². The molecule has 0 spiro atoms. The number of amides is 1. The molecule has 1 aromatic heterocycles. The summed E-state index contributed by atoms with van der Waals surface area (Å²) in [5.74, 6) is -1.02. The molecular formula is C19H18N2O5S2. The summed E-state index contributed by atoms with van der Waals surface area (Å²) in [5.41, 5.74) is 0.917. The van der Waals surface area contributed by atoms with Crippen molar-refractivity contribution in [1.82, 2.24) is 4.57 Å². The summed E-state index contributed by atoms with van der Waals surface area (Å²) in [6, 6.07) is 13.1. The number of sulfone groups is 1. The van der Waals surface area contributed by atoms with Gasteiger partial charge in [0.05, 0.1) is 21.7 Å². The molecule has 2 aromatic carbocycles. The molecule has 0 fully saturated rings. The number of benzene rings is 2. The van der Waals surface area contributed by atoms with Crippen molar-refractivity contribution in [2.45, 2.75) is 18.4 Å². The highest BCUT2D eigenvalue weighted by Gasteiger charge is 2.14. The first-order valence-electron chi connectivity index (χ1n) is 8.43. The number of hydrogen-bond donors (Lipinski definition) is 0. The van der Waals surface area contributed by atoms with E-state index in [1.165, 1.54) is 35.6 Å². The Morgan fingerprint density at radius 2 is 1.89 bits per heavy atom. The lowest BCUT2D eigenvalue weighted by molar-refractivity contribution is -0.143. The fraction of sp³-hybridized carbons (Fsp3) is 0.211. The van der Waals surface area contributed by atoms with Crippen LogP contribution in [0.2, 0.25) is 0 Å². The van der Waals surface area contributed by atoms with Gasteiger partial charge in [0.1, 0.15) is 6.54 Å². The van der Waals surface area contributed by atoms with Gasteiger partial charge in [-0.2, -0.15) is 4.99 Å². The van der Waals surface area contributed by atoms with Gasteiger partial charge in [0, 0.05) is 11.8 Å². The molecule has 0 saturated carbocycles. The minimum atomic E-state index is -3.44. The molecule has 0 bridgehead atoms. The van der Waals surface area contributed by atoms with Gasteiger partial charge in [-0.3, -0.25) is 9.59 Å². The van der Waals surface area contributed by atoms with Gasteiger partial charge in [-0.1, -0.05) is 29.5 Å². The number of thiazole rings is 1. The van der Waals surface area contributed by atoms with Crippen LogP contribution in [0.3, 0.4) is 0 Å². The molecule has 146 valence electrons. The summed E-state index contributed by atoms with van der Waals surface area (Å²) in [6.45, 7) is 1.90. The molecule has 28 heavy (non-hydrogen) atoms. The topological polar surface area (TPSA) is 94.8 Å². The van der Waals surface area contributed by atoms with Crippen LogP contribution in [-0.2, 0) is 25.9 Å². The average molecular weight is 418 g/mol. The maximum atomic E-state index is 12.6. The van der Waals surface area contributed by atoms with Gasteiger partial charge < -0.3 is 9.30 Å². The highest BCUT2D eigenvalue weighted by atomic mass is 32.2. The number of para-hydroxylation sites is 1. The third-order valence-corrected chi connectivity index (χ3v) is 6.06. The second-order valence-electron chi connectivity index (χ2n) is 5.96. The Bertz CT molecular complexity index is 1220. The van der Waals surface area contributed by atoms with Crippen molar-refractivity contribution in [3.05, 3.63) is 58.9 Å². The largest absolute Gasteiger partial charge is 0.465 e. The van der Waals surface area contributed by atoms with E-state index in [1.54, 1.807) is 11.5 Å². The van der Waals surface area contributed by atoms with Gasteiger partial charge in [-0.05, 0) is 37.3 Å². The second-order valence-corrected chi connectivity index (χ2v) is 8.99. The smallest absolute Gasteiger partial charge is 0.326 e. The van der Waals surface area contributed by atoms with Gasteiger partial charge in [-0.15, -0.1) is 0 Å². The van der Waals surface area contributed by atoms with Gasteiger partial charge >= 0.3 is 5.97 Å². The fourth-order valence-corrected chi connectivity index (χ4v) is 4.30. The molecule has 3 aromatic rings.